The quantitative estimate of drug-likeness (QED) is 0.609. The molecule has 1 saturated heterocycles. The molecule has 1 fully saturated rings. The molecule has 1 aliphatic rings. The topological polar surface area (TPSA) is 98.5 Å². The number of aliphatic hydroxyl groups excluding tert-OH is 1. The zero-order valence-electron chi connectivity index (χ0n) is 18.9. The first-order valence-corrected chi connectivity index (χ1v) is 10.9. The lowest BCUT2D eigenvalue weighted by atomic mass is 10.0. The summed E-state index contributed by atoms with van der Waals surface area (Å²) in [7, 11) is 0. The maximum absolute atomic E-state index is 10.1. The second-order valence-electron chi connectivity index (χ2n) is 8.69. The molecule has 0 aliphatic carbocycles. The van der Waals surface area contributed by atoms with Crippen molar-refractivity contribution in [2.45, 2.75) is 39.4 Å². The molecule has 32 heavy (non-hydrogen) atoms. The van der Waals surface area contributed by atoms with E-state index in [1.54, 1.807) is 26.2 Å². The number of benzene rings is 1. The van der Waals surface area contributed by atoms with Crippen LogP contribution in [0.4, 0.5) is 11.6 Å². The first-order valence-electron chi connectivity index (χ1n) is 10.9. The Morgan fingerprint density at radius 3 is 2.22 bits per heavy atom. The third-order valence-corrected chi connectivity index (χ3v) is 5.94. The van der Waals surface area contributed by atoms with Gasteiger partial charge in [0.1, 0.15) is 11.4 Å². The van der Waals surface area contributed by atoms with Crippen molar-refractivity contribution in [3.05, 3.63) is 70.8 Å². The van der Waals surface area contributed by atoms with Gasteiger partial charge < -0.3 is 20.0 Å². The summed E-state index contributed by atoms with van der Waals surface area (Å²) in [5, 5.41) is 29.1. The zero-order chi connectivity index (χ0) is 22.7. The van der Waals surface area contributed by atoms with Crippen molar-refractivity contribution in [3.63, 3.8) is 0 Å². The van der Waals surface area contributed by atoms with Gasteiger partial charge in [-0.1, -0.05) is 30.3 Å². The number of hydrogen-bond acceptors (Lipinski definition) is 8. The molecule has 0 radical (unpaired) electrons. The lowest BCUT2D eigenvalue weighted by molar-refractivity contribution is 0.0734. The van der Waals surface area contributed by atoms with E-state index in [1.165, 1.54) is 0 Å². The molecule has 0 saturated carbocycles. The van der Waals surface area contributed by atoms with Gasteiger partial charge in [0.25, 0.3) is 0 Å². The number of piperazine rings is 1. The molecule has 1 aromatic carbocycles. The van der Waals surface area contributed by atoms with E-state index in [1.807, 2.05) is 25.1 Å². The Morgan fingerprint density at radius 1 is 0.938 bits per heavy atom. The van der Waals surface area contributed by atoms with E-state index >= 15 is 0 Å². The molecule has 8 nitrogen and oxygen atoms in total. The maximum Gasteiger partial charge on any atom is 0.154 e. The average Bonchev–Trinajstić information content (AvgIpc) is 2.80. The van der Waals surface area contributed by atoms with E-state index in [2.05, 4.69) is 42.1 Å². The standard InChI is InChI=1S/C24H30N6O2/c1-17-19(16-31)20(13-18-7-5-4-6-8-18)27-28-23(17)30-11-9-29(10-12-30)22-15-25-21(14-26-22)24(2,3)32/h4-8,14-15,31-32H,9-13,16H2,1-3H3. The van der Waals surface area contributed by atoms with Gasteiger partial charge in [-0.2, -0.15) is 5.10 Å². The molecule has 0 spiro atoms. The van der Waals surface area contributed by atoms with Gasteiger partial charge in [0, 0.05) is 43.7 Å². The highest BCUT2D eigenvalue weighted by Crippen LogP contribution is 2.26. The second kappa shape index (κ2) is 9.18. The predicted octanol–water partition coefficient (Wildman–Crippen LogP) is 2.21. The van der Waals surface area contributed by atoms with E-state index in [-0.39, 0.29) is 6.61 Å². The van der Waals surface area contributed by atoms with E-state index in [0.29, 0.717) is 12.1 Å². The summed E-state index contributed by atoms with van der Waals surface area (Å²) in [5.41, 5.74) is 3.36. The fraction of sp³-hybridized carbons (Fsp3) is 0.417. The summed E-state index contributed by atoms with van der Waals surface area (Å²) in [5.74, 6) is 1.63. The monoisotopic (exact) mass is 434 g/mol. The lowest BCUT2D eigenvalue weighted by Crippen LogP contribution is -2.47. The van der Waals surface area contributed by atoms with Crippen LogP contribution in [-0.2, 0) is 18.6 Å². The van der Waals surface area contributed by atoms with Gasteiger partial charge in [-0.25, -0.2) is 4.98 Å². The minimum Gasteiger partial charge on any atom is -0.392 e. The second-order valence-corrected chi connectivity index (χ2v) is 8.69. The summed E-state index contributed by atoms with van der Waals surface area (Å²) in [6, 6.07) is 10.1. The Bertz CT molecular complexity index is 1040. The number of aromatic nitrogens is 4. The molecule has 168 valence electrons. The number of anilines is 2. The smallest absolute Gasteiger partial charge is 0.154 e. The Balaban J connectivity index is 1.46. The lowest BCUT2D eigenvalue weighted by Gasteiger charge is -2.36. The van der Waals surface area contributed by atoms with E-state index < -0.39 is 5.60 Å². The highest BCUT2D eigenvalue weighted by atomic mass is 16.3. The molecule has 4 rings (SSSR count). The number of nitrogens with zero attached hydrogens (tertiary/aromatic N) is 6. The Morgan fingerprint density at radius 2 is 1.62 bits per heavy atom. The van der Waals surface area contributed by atoms with Gasteiger partial charge >= 0.3 is 0 Å². The van der Waals surface area contributed by atoms with Crippen LogP contribution < -0.4 is 9.80 Å². The molecule has 3 heterocycles. The zero-order valence-corrected chi connectivity index (χ0v) is 18.9. The van der Waals surface area contributed by atoms with Crippen molar-refractivity contribution in [2.75, 3.05) is 36.0 Å². The first kappa shape index (κ1) is 22.1. The van der Waals surface area contributed by atoms with Crippen molar-refractivity contribution in [1.82, 2.24) is 20.2 Å². The number of aliphatic hydroxyl groups is 2. The van der Waals surface area contributed by atoms with Gasteiger partial charge in [0.05, 0.1) is 30.4 Å². The molecule has 2 aromatic heterocycles. The summed E-state index contributed by atoms with van der Waals surface area (Å²) in [6.45, 7) is 8.45. The van der Waals surface area contributed by atoms with Crippen LogP contribution in [0.3, 0.4) is 0 Å². The van der Waals surface area contributed by atoms with Crippen LogP contribution in [0.1, 0.15) is 41.9 Å². The minimum absolute atomic E-state index is 0.0559. The molecule has 0 amide bonds. The van der Waals surface area contributed by atoms with Crippen molar-refractivity contribution >= 4 is 11.6 Å². The number of rotatable bonds is 6. The van der Waals surface area contributed by atoms with Crippen LogP contribution in [0.5, 0.6) is 0 Å². The minimum atomic E-state index is -1.00. The highest BCUT2D eigenvalue weighted by molar-refractivity contribution is 5.52. The molecule has 0 bridgehead atoms. The third kappa shape index (κ3) is 4.71. The van der Waals surface area contributed by atoms with Gasteiger partial charge in [0.2, 0.25) is 0 Å². The molecule has 2 N–H and O–H groups in total. The average molecular weight is 435 g/mol. The van der Waals surface area contributed by atoms with Gasteiger partial charge in [-0.05, 0) is 26.3 Å². The van der Waals surface area contributed by atoms with Crippen molar-refractivity contribution in [1.29, 1.82) is 0 Å². The SMILES string of the molecule is Cc1c(N2CCN(c3cnc(C(C)(C)O)cn3)CC2)nnc(Cc2ccccc2)c1CO. The van der Waals surface area contributed by atoms with Gasteiger partial charge in [0.15, 0.2) is 5.82 Å². The molecule has 8 heteroatoms. The summed E-state index contributed by atoms with van der Waals surface area (Å²) in [6.07, 6.45) is 4.00. The molecular formula is C24H30N6O2. The van der Waals surface area contributed by atoms with Crippen molar-refractivity contribution < 1.29 is 10.2 Å². The summed E-state index contributed by atoms with van der Waals surface area (Å²) in [4.78, 5) is 13.2. The largest absolute Gasteiger partial charge is 0.392 e. The number of hydrogen-bond donors (Lipinski definition) is 2. The van der Waals surface area contributed by atoms with Gasteiger partial charge in [-0.3, -0.25) is 4.98 Å². The Kier molecular flexibility index (Phi) is 6.34. The van der Waals surface area contributed by atoms with Crippen molar-refractivity contribution in [2.24, 2.45) is 0 Å². The van der Waals surface area contributed by atoms with Gasteiger partial charge in [-0.15, -0.1) is 5.10 Å². The van der Waals surface area contributed by atoms with Crippen LogP contribution in [0.25, 0.3) is 0 Å². The molecule has 0 atom stereocenters. The van der Waals surface area contributed by atoms with E-state index in [4.69, 9.17) is 0 Å². The first-order chi connectivity index (χ1) is 15.4. The van der Waals surface area contributed by atoms with Crippen LogP contribution >= 0.6 is 0 Å². The molecule has 1 aliphatic heterocycles. The normalized spacial score (nSPS) is 14.7. The molecule has 3 aromatic rings. The highest BCUT2D eigenvalue weighted by Gasteiger charge is 2.24. The van der Waals surface area contributed by atoms with Crippen LogP contribution in [0.15, 0.2) is 42.7 Å². The van der Waals surface area contributed by atoms with E-state index in [9.17, 15) is 10.2 Å². The van der Waals surface area contributed by atoms with Crippen molar-refractivity contribution in [3.8, 4) is 0 Å². The fourth-order valence-electron chi connectivity index (χ4n) is 3.98. The van der Waals surface area contributed by atoms with Crippen LogP contribution in [0.2, 0.25) is 0 Å². The maximum atomic E-state index is 10.1. The predicted molar refractivity (Wildman–Crippen MR) is 124 cm³/mol. The Hall–Kier alpha value is -3.10. The summed E-state index contributed by atoms with van der Waals surface area (Å²) < 4.78 is 0. The third-order valence-electron chi connectivity index (χ3n) is 5.94. The molecular weight excluding hydrogens is 404 g/mol. The summed E-state index contributed by atoms with van der Waals surface area (Å²) >= 11 is 0. The molecule has 0 unspecified atom stereocenters. The Labute approximate surface area is 188 Å². The van der Waals surface area contributed by atoms with Crippen LogP contribution in [0, 0.1) is 6.92 Å². The van der Waals surface area contributed by atoms with Crippen LogP contribution in [-0.4, -0.2) is 56.6 Å². The van der Waals surface area contributed by atoms with E-state index in [0.717, 1.165) is 60.2 Å². The fourth-order valence-corrected chi connectivity index (χ4v) is 3.98.